The topological polar surface area (TPSA) is 109 Å². The predicted molar refractivity (Wildman–Crippen MR) is 101 cm³/mol. The molecule has 3 rings (SSSR count). The van der Waals surface area contributed by atoms with E-state index in [-0.39, 0.29) is 4.90 Å². The Morgan fingerprint density at radius 3 is 2.58 bits per heavy atom. The Balaban J connectivity index is 1.80. The second-order valence-electron chi connectivity index (χ2n) is 6.00. The molecule has 0 saturated heterocycles. The summed E-state index contributed by atoms with van der Waals surface area (Å²) in [5.74, 6) is 0. The van der Waals surface area contributed by atoms with Gasteiger partial charge in [0.2, 0.25) is 10.0 Å². The van der Waals surface area contributed by atoms with Crippen LogP contribution >= 0.6 is 0 Å². The number of rotatable bonds is 5. The second-order valence-corrected chi connectivity index (χ2v) is 7.56. The van der Waals surface area contributed by atoms with Crippen LogP contribution in [0.15, 0.2) is 53.6 Å². The van der Waals surface area contributed by atoms with E-state index in [9.17, 15) is 13.7 Å². The lowest BCUT2D eigenvalue weighted by atomic mass is 10.1. The zero-order chi connectivity index (χ0) is 18.7. The van der Waals surface area contributed by atoms with Gasteiger partial charge in [-0.15, -0.1) is 0 Å². The number of aromatic nitrogens is 1. The quantitative estimate of drug-likeness (QED) is 0.721. The first-order chi connectivity index (χ1) is 12.4. The van der Waals surface area contributed by atoms with E-state index in [2.05, 4.69) is 16.4 Å². The third-order valence-corrected chi connectivity index (χ3v) is 5.12. The van der Waals surface area contributed by atoms with Crippen LogP contribution in [0.25, 0.3) is 10.9 Å². The molecule has 0 aliphatic rings. The molecule has 1 heterocycles. The summed E-state index contributed by atoms with van der Waals surface area (Å²) in [5, 5.41) is 18.7. The molecule has 0 bridgehead atoms. The van der Waals surface area contributed by atoms with Crippen LogP contribution in [0.5, 0.6) is 0 Å². The van der Waals surface area contributed by atoms with Crippen molar-refractivity contribution in [2.24, 2.45) is 5.14 Å². The number of nitrogens with one attached hydrogen (secondary N) is 1. The second kappa shape index (κ2) is 7.12. The van der Waals surface area contributed by atoms with E-state index in [1.54, 1.807) is 18.3 Å². The van der Waals surface area contributed by atoms with Crippen LogP contribution in [0.1, 0.15) is 16.7 Å². The van der Waals surface area contributed by atoms with Crippen molar-refractivity contribution in [3.63, 3.8) is 0 Å². The predicted octanol–water partition coefficient (Wildman–Crippen LogP) is 2.72. The number of hydrogen-bond donors (Lipinski definition) is 2. The van der Waals surface area contributed by atoms with Gasteiger partial charge in [-0.3, -0.25) is 4.98 Å². The molecule has 2 aromatic carbocycles. The molecule has 3 aromatic rings. The van der Waals surface area contributed by atoms with Crippen LogP contribution in [0, 0.1) is 18.3 Å². The van der Waals surface area contributed by atoms with Crippen LogP contribution in [-0.2, 0) is 16.4 Å². The van der Waals surface area contributed by atoms with Gasteiger partial charge in [0, 0.05) is 18.1 Å². The van der Waals surface area contributed by atoms with Crippen LogP contribution in [0.2, 0.25) is 0 Å². The summed E-state index contributed by atoms with van der Waals surface area (Å²) in [6.45, 7) is 2.58. The summed E-state index contributed by atoms with van der Waals surface area (Å²) in [4.78, 5) is 4.47. The molecule has 0 saturated carbocycles. The number of nitrogens with zero attached hydrogens (tertiary/aromatic N) is 2. The van der Waals surface area contributed by atoms with Crippen molar-refractivity contribution in [3.05, 3.63) is 65.4 Å². The number of anilines is 1. The van der Waals surface area contributed by atoms with E-state index < -0.39 is 10.0 Å². The molecule has 0 radical (unpaired) electrons. The van der Waals surface area contributed by atoms with Gasteiger partial charge in [0.05, 0.1) is 21.7 Å². The van der Waals surface area contributed by atoms with E-state index in [4.69, 9.17) is 5.14 Å². The summed E-state index contributed by atoms with van der Waals surface area (Å²) in [7, 11) is -3.68. The number of nitriles is 1. The molecule has 7 heteroatoms. The number of nitrogens with two attached hydrogens (primary N) is 1. The Bertz CT molecular complexity index is 1100. The van der Waals surface area contributed by atoms with Crippen molar-refractivity contribution >= 4 is 26.6 Å². The molecule has 0 spiro atoms. The summed E-state index contributed by atoms with van der Waals surface area (Å²) < 4.78 is 22.6. The molecular formula is C19H18N4O2S. The Kier molecular flexibility index (Phi) is 4.89. The number of para-hydroxylation sites is 1. The largest absolute Gasteiger partial charge is 0.383 e. The number of pyridine rings is 1. The Morgan fingerprint density at radius 1 is 1.19 bits per heavy atom. The van der Waals surface area contributed by atoms with Crippen molar-refractivity contribution in [1.82, 2.24) is 4.98 Å². The summed E-state index contributed by atoms with van der Waals surface area (Å²) in [6.07, 6.45) is 2.25. The zero-order valence-electron chi connectivity index (χ0n) is 14.2. The molecule has 0 aliphatic heterocycles. The zero-order valence-corrected chi connectivity index (χ0v) is 15.0. The highest BCUT2D eigenvalue weighted by Gasteiger charge is 2.10. The first-order valence-electron chi connectivity index (χ1n) is 8.04. The normalized spacial score (nSPS) is 11.3. The third kappa shape index (κ3) is 3.67. The van der Waals surface area contributed by atoms with Crippen LogP contribution in [0.3, 0.4) is 0 Å². The van der Waals surface area contributed by atoms with Gasteiger partial charge in [-0.25, -0.2) is 13.6 Å². The lowest BCUT2D eigenvalue weighted by Gasteiger charge is -2.12. The summed E-state index contributed by atoms with van der Waals surface area (Å²) >= 11 is 0. The molecular weight excluding hydrogens is 348 g/mol. The van der Waals surface area contributed by atoms with Crippen molar-refractivity contribution < 1.29 is 8.42 Å². The van der Waals surface area contributed by atoms with E-state index in [1.807, 2.05) is 25.1 Å². The Morgan fingerprint density at radius 2 is 1.92 bits per heavy atom. The Labute approximate surface area is 152 Å². The maximum absolute atomic E-state index is 11.3. The fourth-order valence-electron chi connectivity index (χ4n) is 2.82. The first-order valence-corrected chi connectivity index (χ1v) is 9.59. The van der Waals surface area contributed by atoms with E-state index in [0.717, 1.165) is 27.7 Å². The Hall–Kier alpha value is -2.95. The average molecular weight is 366 g/mol. The number of hydrogen-bond acceptors (Lipinski definition) is 5. The molecule has 0 aliphatic carbocycles. The average Bonchev–Trinajstić information content (AvgIpc) is 2.62. The maximum Gasteiger partial charge on any atom is 0.238 e. The number of aryl methyl sites for hydroxylation is 1. The minimum absolute atomic E-state index is 0.0941. The SMILES string of the molecule is Cc1cccc2c(NCCc3ccc(S(N)(=O)=O)cc3)c(C#N)cnc12. The van der Waals surface area contributed by atoms with Gasteiger partial charge in [0.15, 0.2) is 0 Å². The van der Waals surface area contributed by atoms with Gasteiger partial charge in [0.25, 0.3) is 0 Å². The number of primary sulfonamides is 1. The van der Waals surface area contributed by atoms with Crippen LogP contribution in [-0.4, -0.2) is 19.9 Å². The van der Waals surface area contributed by atoms with Crippen LogP contribution in [0.4, 0.5) is 5.69 Å². The fraction of sp³-hybridized carbons (Fsp3) is 0.158. The molecule has 0 fully saturated rings. The van der Waals surface area contributed by atoms with Crippen molar-refractivity contribution in [3.8, 4) is 6.07 Å². The maximum atomic E-state index is 11.3. The minimum atomic E-state index is -3.68. The summed E-state index contributed by atoms with van der Waals surface area (Å²) in [6, 6.07) is 14.5. The van der Waals surface area contributed by atoms with E-state index >= 15 is 0 Å². The van der Waals surface area contributed by atoms with Gasteiger partial charge >= 0.3 is 0 Å². The molecule has 6 nitrogen and oxygen atoms in total. The monoisotopic (exact) mass is 366 g/mol. The van der Waals surface area contributed by atoms with Gasteiger partial charge in [-0.05, 0) is 36.6 Å². The molecule has 0 atom stereocenters. The molecule has 132 valence electrons. The minimum Gasteiger partial charge on any atom is -0.383 e. The van der Waals surface area contributed by atoms with Crippen molar-refractivity contribution in [2.45, 2.75) is 18.2 Å². The lowest BCUT2D eigenvalue weighted by molar-refractivity contribution is 0.598. The number of benzene rings is 2. The highest BCUT2D eigenvalue weighted by molar-refractivity contribution is 7.89. The first kappa shape index (κ1) is 17.9. The van der Waals surface area contributed by atoms with Gasteiger partial charge < -0.3 is 5.32 Å². The standard InChI is InChI=1S/C19H18N4O2S/c1-13-3-2-4-17-18(13)23-12-15(11-20)19(17)22-10-9-14-5-7-16(8-6-14)26(21,24)25/h2-8,12H,9-10H2,1H3,(H,22,23)(H2,21,24,25). The van der Waals surface area contributed by atoms with Crippen LogP contribution < -0.4 is 10.5 Å². The van der Waals surface area contributed by atoms with Gasteiger partial charge in [-0.2, -0.15) is 5.26 Å². The lowest BCUT2D eigenvalue weighted by Crippen LogP contribution is -2.12. The number of fused-ring (bicyclic) bond motifs is 1. The highest BCUT2D eigenvalue weighted by Crippen LogP contribution is 2.27. The fourth-order valence-corrected chi connectivity index (χ4v) is 3.34. The van der Waals surface area contributed by atoms with Gasteiger partial charge in [-0.1, -0.05) is 30.3 Å². The van der Waals surface area contributed by atoms with Crippen molar-refractivity contribution in [1.29, 1.82) is 5.26 Å². The molecule has 0 amide bonds. The molecule has 0 unspecified atom stereocenters. The molecule has 26 heavy (non-hydrogen) atoms. The van der Waals surface area contributed by atoms with E-state index in [0.29, 0.717) is 18.5 Å². The smallest absolute Gasteiger partial charge is 0.238 e. The highest BCUT2D eigenvalue weighted by atomic mass is 32.2. The molecule has 3 N–H and O–H groups in total. The number of sulfonamides is 1. The van der Waals surface area contributed by atoms with Gasteiger partial charge in [0.1, 0.15) is 6.07 Å². The summed E-state index contributed by atoms with van der Waals surface area (Å²) in [5.41, 5.74) is 4.15. The molecule has 1 aromatic heterocycles. The van der Waals surface area contributed by atoms with E-state index in [1.165, 1.54) is 12.1 Å². The third-order valence-electron chi connectivity index (χ3n) is 4.19. The van der Waals surface area contributed by atoms with Crippen molar-refractivity contribution in [2.75, 3.05) is 11.9 Å².